The molecule has 0 aromatic heterocycles. The number of benzene rings is 2. The van der Waals surface area contributed by atoms with Gasteiger partial charge in [-0.3, -0.25) is 0 Å². The van der Waals surface area contributed by atoms with Crippen LogP contribution >= 0.6 is 0 Å². The fourth-order valence-electron chi connectivity index (χ4n) is 4.40. The Labute approximate surface area is 184 Å². The summed E-state index contributed by atoms with van der Waals surface area (Å²) in [4.78, 5) is 17.9. The first-order valence-corrected chi connectivity index (χ1v) is 12.7. The SMILES string of the molecule is CC1CCN(C(=O)N(CC2CCCNC2)NS(=O)(=O)c2ccc3ccccc3c2)CC1. The molecule has 2 aromatic carbocycles. The van der Waals surface area contributed by atoms with Crippen LogP contribution in [-0.2, 0) is 10.0 Å². The largest absolute Gasteiger partial charge is 0.335 e. The number of nitrogens with zero attached hydrogens (tertiary/aromatic N) is 2. The Hall–Kier alpha value is -2.16. The number of sulfonamides is 1. The molecule has 0 saturated carbocycles. The summed E-state index contributed by atoms with van der Waals surface area (Å²) in [5.74, 6) is 0.815. The Morgan fingerprint density at radius 1 is 1.13 bits per heavy atom. The lowest BCUT2D eigenvalue weighted by atomic mass is 9.99. The summed E-state index contributed by atoms with van der Waals surface area (Å²) in [5.41, 5.74) is 0. The molecule has 0 bridgehead atoms. The van der Waals surface area contributed by atoms with Crippen molar-refractivity contribution in [2.24, 2.45) is 11.8 Å². The van der Waals surface area contributed by atoms with Gasteiger partial charge in [0.1, 0.15) is 0 Å². The molecule has 2 saturated heterocycles. The number of hydrogen-bond acceptors (Lipinski definition) is 4. The van der Waals surface area contributed by atoms with Crippen molar-refractivity contribution >= 4 is 26.8 Å². The third-order valence-electron chi connectivity index (χ3n) is 6.39. The molecule has 0 spiro atoms. The number of hydrogen-bond donors (Lipinski definition) is 2. The zero-order valence-corrected chi connectivity index (χ0v) is 18.9. The minimum atomic E-state index is -3.89. The number of urea groups is 1. The summed E-state index contributed by atoms with van der Waals surface area (Å²) in [6.45, 7) is 5.64. The summed E-state index contributed by atoms with van der Waals surface area (Å²) in [5, 5.41) is 6.51. The van der Waals surface area contributed by atoms with E-state index < -0.39 is 10.0 Å². The molecule has 2 aliphatic rings. The molecule has 1 atom stereocenters. The second-order valence-corrected chi connectivity index (χ2v) is 10.5. The molecular formula is C23H32N4O3S. The zero-order valence-electron chi connectivity index (χ0n) is 18.1. The van der Waals surface area contributed by atoms with Crippen LogP contribution in [0, 0.1) is 11.8 Å². The monoisotopic (exact) mass is 444 g/mol. The van der Waals surface area contributed by atoms with Crippen molar-refractivity contribution in [3.63, 3.8) is 0 Å². The normalized spacial score (nSPS) is 20.7. The number of piperidine rings is 2. The van der Waals surface area contributed by atoms with Crippen molar-refractivity contribution in [1.29, 1.82) is 0 Å². The van der Waals surface area contributed by atoms with Gasteiger partial charge in [0.2, 0.25) is 0 Å². The average molecular weight is 445 g/mol. The van der Waals surface area contributed by atoms with Gasteiger partial charge in [0.05, 0.1) is 4.90 Å². The topological polar surface area (TPSA) is 81.8 Å². The molecule has 2 aliphatic heterocycles. The van der Waals surface area contributed by atoms with Gasteiger partial charge in [0, 0.05) is 19.6 Å². The molecule has 0 aliphatic carbocycles. The van der Waals surface area contributed by atoms with Crippen molar-refractivity contribution in [3.8, 4) is 0 Å². The van der Waals surface area contributed by atoms with Crippen LogP contribution in [0.15, 0.2) is 47.4 Å². The van der Waals surface area contributed by atoms with Gasteiger partial charge in [-0.1, -0.05) is 37.3 Å². The van der Waals surface area contributed by atoms with Crippen LogP contribution in [0.4, 0.5) is 4.79 Å². The van der Waals surface area contributed by atoms with E-state index in [0.717, 1.165) is 49.5 Å². The number of carbonyl (C=O) groups excluding carboxylic acids is 1. The van der Waals surface area contributed by atoms with E-state index in [0.29, 0.717) is 25.6 Å². The third-order valence-corrected chi connectivity index (χ3v) is 7.72. The molecule has 168 valence electrons. The minimum absolute atomic E-state index is 0.165. The fourth-order valence-corrected chi connectivity index (χ4v) is 5.47. The van der Waals surface area contributed by atoms with Gasteiger partial charge in [-0.2, -0.15) is 0 Å². The highest BCUT2D eigenvalue weighted by atomic mass is 32.2. The van der Waals surface area contributed by atoms with Crippen molar-refractivity contribution in [2.75, 3.05) is 32.7 Å². The molecule has 2 amide bonds. The van der Waals surface area contributed by atoms with E-state index in [2.05, 4.69) is 17.1 Å². The predicted molar refractivity (Wildman–Crippen MR) is 122 cm³/mol. The standard InChI is InChI=1S/C23H32N4O3S/c1-18-10-13-26(14-11-18)23(28)27(17-19-5-4-12-24-16-19)25-31(29,30)22-9-8-20-6-2-3-7-21(20)15-22/h2-3,6-9,15,18-19,24-25H,4-5,10-14,16-17H2,1H3. The van der Waals surface area contributed by atoms with Crippen LogP contribution in [0.3, 0.4) is 0 Å². The Kier molecular flexibility index (Phi) is 6.79. The highest BCUT2D eigenvalue weighted by Crippen LogP contribution is 2.21. The number of carbonyl (C=O) groups is 1. The lowest BCUT2D eigenvalue weighted by Crippen LogP contribution is -2.55. The van der Waals surface area contributed by atoms with E-state index in [4.69, 9.17) is 0 Å². The molecule has 4 rings (SSSR count). The first kappa shape index (κ1) is 22.0. The zero-order chi connectivity index (χ0) is 21.8. The van der Waals surface area contributed by atoms with Gasteiger partial charge in [-0.15, -0.1) is 4.83 Å². The Bertz CT molecular complexity index is 1010. The molecule has 2 N–H and O–H groups in total. The second-order valence-electron chi connectivity index (χ2n) is 8.88. The first-order chi connectivity index (χ1) is 14.9. The lowest BCUT2D eigenvalue weighted by molar-refractivity contribution is 0.116. The summed E-state index contributed by atoms with van der Waals surface area (Å²) in [7, 11) is -3.89. The summed E-state index contributed by atoms with van der Waals surface area (Å²) >= 11 is 0. The van der Waals surface area contributed by atoms with Crippen LogP contribution in [0.2, 0.25) is 0 Å². The van der Waals surface area contributed by atoms with E-state index in [1.54, 1.807) is 23.1 Å². The quantitative estimate of drug-likeness (QED) is 0.694. The van der Waals surface area contributed by atoms with Crippen LogP contribution in [0.25, 0.3) is 10.8 Å². The summed E-state index contributed by atoms with van der Waals surface area (Å²) in [6.07, 6.45) is 3.90. The van der Waals surface area contributed by atoms with Crippen LogP contribution in [0.1, 0.15) is 32.6 Å². The number of hydrazine groups is 1. The number of fused-ring (bicyclic) bond motifs is 1. The van der Waals surface area contributed by atoms with E-state index in [-0.39, 0.29) is 16.8 Å². The Balaban J connectivity index is 1.56. The maximum Gasteiger partial charge on any atom is 0.335 e. The third kappa shape index (κ3) is 5.37. The van der Waals surface area contributed by atoms with Crippen molar-refractivity contribution < 1.29 is 13.2 Å². The van der Waals surface area contributed by atoms with Crippen LogP contribution in [0.5, 0.6) is 0 Å². The van der Waals surface area contributed by atoms with Crippen LogP contribution < -0.4 is 10.1 Å². The lowest BCUT2D eigenvalue weighted by Gasteiger charge is -2.36. The smallest absolute Gasteiger partial charge is 0.323 e. The number of rotatable bonds is 5. The molecular weight excluding hydrogens is 412 g/mol. The number of likely N-dealkylation sites (tertiary alicyclic amines) is 1. The predicted octanol–water partition coefficient (Wildman–Crippen LogP) is 3.19. The molecule has 0 radical (unpaired) electrons. The first-order valence-electron chi connectivity index (χ1n) is 11.2. The molecule has 2 heterocycles. The highest BCUT2D eigenvalue weighted by molar-refractivity contribution is 7.89. The molecule has 31 heavy (non-hydrogen) atoms. The molecule has 7 nitrogen and oxygen atoms in total. The molecule has 1 unspecified atom stereocenters. The van der Waals surface area contributed by atoms with Gasteiger partial charge in [-0.05, 0) is 73.5 Å². The van der Waals surface area contributed by atoms with E-state index in [1.165, 1.54) is 5.01 Å². The molecule has 2 aromatic rings. The van der Waals surface area contributed by atoms with Gasteiger partial charge in [-0.25, -0.2) is 18.2 Å². The summed E-state index contributed by atoms with van der Waals surface area (Å²) < 4.78 is 26.5. The minimum Gasteiger partial charge on any atom is -0.323 e. The van der Waals surface area contributed by atoms with Gasteiger partial charge in [0.25, 0.3) is 10.0 Å². The van der Waals surface area contributed by atoms with Crippen molar-refractivity contribution in [3.05, 3.63) is 42.5 Å². The second kappa shape index (κ2) is 9.54. The summed E-state index contributed by atoms with van der Waals surface area (Å²) in [6, 6.07) is 12.4. The van der Waals surface area contributed by atoms with E-state index >= 15 is 0 Å². The number of nitrogens with one attached hydrogen (secondary N) is 2. The van der Waals surface area contributed by atoms with Gasteiger partial charge >= 0.3 is 6.03 Å². The Morgan fingerprint density at radius 2 is 1.87 bits per heavy atom. The number of amides is 2. The van der Waals surface area contributed by atoms with Crippen molar-refractivity contribution in [2.45, 2.75) is 37.5 Å². The maximum absolute atomic E-state index is 13.3. The van der Waals surface area contributed by atoms with Crippen LogP contribution in [-0.4, -0.2) is 57.1 Å². The molecule has 2 fully saturated rings. The highest BCUT2D eigenvalue weighted by Gasteiger charge is 2.30. The Morgan fingerprint density at radius 3 is 2.58 bits per heavy atom. The average Bonchev–Trinajstić information content (AvgIpc) is 2.79. The maximum atomic E-state index is 13.3. The van der Waals surface area contributed by atoms with Gasteiger partial charge < -0.3 is 10.2 Å². The fraction of sp³-hybridized carbons (Fsp3) is 0.522. The van der Waals surface area contributed by atoms with Crippen molar-refractivity contribution in [1.82, 2.24) is 20.1 Å². The molecule has 8 heteroatoms. The van der Waals surface area contributed by atoms with Gasteiger partial charge in [0.15, 0.2) is 0 Å². The van der Waals surface area contributed by atoms with E-state index in [9.17, 15) is 13.2 Å². The van der Waals surface area contributed by atoms with E-state index in [1.807, 2.05) is 24.3 Å².